The number of benzene rings is 1. The predicted molar refractivity (Wildman–Crippen MR) is 96.5 cm³/mol. The van der Waals surface area contributed by atoms with Crippen molar-refractivity contribution in [2.45, 2.75) is 25.2 Å². The van der Waals surface area contributed by atoms with Gasteiger partial charge in [-0.05, 0) is 26.0 Å². The smallest absolute Gasteiger partial charge is 0.248 e. The van der Waals surface area contributed by atoms with Crippen LogP contribution in [0.25, 0.3) is 0 Å². The highest BCUT2D eigenvalue weighted by molar-refractivity contribution is 7.89. The van der Waals surface area contributed by atoms with Crippen molar-refractivity contribution in [2.24, 2.45) is 0 Å². The average molecular weight is 395 g/mol. The Balaban J connectivity index is 1.70. The molecule has 0 aliphatic carbocycles. The standard InChI is InChI=1S/C17H21N3O6S/c1-11-17(12(2)26-19-11)27(22,23)20(3)10-16(21)18-13-5-6-14-15(9-13)25-8-4-7-24-14/h5-6,9H,4,7-8,10H2,1-3H3,(H,18,21). The Morgan fingerprint density at radius 3 is 2.59 bits per heavy atom. The van der Waals surface area contributed by atoms with E-state index in [1.54, 1.807) is 18.2 Å². The summed E-state index contributed by atoms with van der Waals surface area (Å²) in [5, 5.41) is 6.32. The number of amides is 1. The van der Waals surface area contributed by atoms with E-state index < -0.39 is 15.9 Å². The van der Waals surface area contributed by atoms with Crippen LogP contribution in [0.4, 0.5) is 5.69 Å². The number of carbonyl (C=O) groups excluding carboxylic acids is 1. The number of likely N-dealkylation sites (N-methyl/N-ethyl adjacent to an activating group) is 1. The van der Waals surface area contributed by atoms with Crippen LogP contribution in [0.15, 0.2) is 27.6 Å². The quantitative estimate of drug-likeness (QED) is 0.820. The first-order chi connectivity index (χ1) is 12.8. The van der Waals surface area contributed by atoms with E-state index in [4.69, 9.17) is 14.0 Å². The Morgan fingerprint density at radius 2 is 1.93 bits per heavy atom. The molecule has 0 radical (unpaired) electrons. The van der Waals surface area contributed by atoms with Crippen molar-refractivity contribution in [1.82, 2.24) is 9.46 Å². The topological polar surface area (TPSA) is 111 Å². The number of rotatable bonds is 5. The van der Waals surface area contributed by atoms with Crippen LogP contribution < -0.4 is 14.8 Å². The monoisotopic (exact) mass is 395 g/mol. The second-order valence-corrected chi connectivity index (χ2v) is 8.16. The van der Waals surface area contributed by atoms with Crippen LogP contribution in [0.2, 0.25) is 0 Å². The summed E-state index contributed by atoms with van der Waals surface area (Å²) in [5.41, 5.74) is 0.745. The first-order valence-electron chi connectivity index (χ1n) is 8.38. The van der Waals surface area contributed by atoms with Crippen LogP contribution >= 0.6 is 0 Å². The van der Waals surface area contributed by atoms with Crippen LogP contribution in [-0.4, -0.2) is 50.6 Å². The third-order valence-corrected chi connectivity index (χ3v) is 6.08. The van der Waals surface area contributed by atoms with Gasteiger partial charge in [0.25, 0.3) is 0 Å². The molecule has 2 aromatic rings. The number of hydrogen-bond donors (Lipinski definition) is 1. The summed E-state index contributed by atoms with van der Waals surface area (Å²) in [4.78, 5) is 12.3. The first kappa shape index (κ1) is 19.2. The van der Waals surface area contributed by atoms with Crippen molar-refractivity contribution in [3.63, 3.8) is 0 Å². The van der Waals surface area contributed by atoms with E-state index in [0.717, 1.165) is 10.7 Å². The zero-order valence-electron chi connectivity index (χ0n) is 15.3. The van der Waals surface area contributed by atoms with Gasteiger partial charge < -0.3 is 19.3 Å². The van der Waals surface area contributed by atoms with Gasteiger partial charge in [0.1, 0.15) is 10.6 Å². The number of aromatic nitrogens is 1. The zero-order chi connectivity index (χ0) is 19.6. The normalized spacial score (nSPS) is 14.1. The lowest BCUT2D eigenvalue weighted by atomic mass is 10.2. The zero-order valence-corrected chi connectivity index (χ0v) is 16.1. The van der Waals surface area contributed by atoms with Crippen molar-refractivity contribution in [3.8, 4) is 11.5 Å². The fourth-order valence-electron chi connectivity index (χ4n) is 2.73. The van der Waals surface area contributed by atoms with E-state index in [9.17, 15) is 13.2 Å². The van der Waals surface area contributed by atoms with Gasteiger partial charge in [0.15, 0.2) is 17.3 Å². The van der Waals surface area contributed by atoms with Gasteiger partial charge in [-0.15, -0.1) is 0 Å². The number of ether oxygens (including phenoxy) is 2. The lowest BCUT2D eigenvalue weighted by Gasteiger charge is -2.17. The molecule has 0 bridgehead atoms. The van der Waals surface area contributed by atoms with Gasteiger partial charge >= 0.3 is 0 Å². The lowest BCUT2D eigenvalue weighted by Crippen LogP contribution is -2.35. The summed E-state index contributed by atoms with van der Waals surface area (Å²) in [6.07, 6.45) is 0.779. The molecule has 3 rings (SSSR count). The molecule has 1 aromatic carbocycles. The molecule has 0 fully saturated rings. The van der Waals surface area contributed by atoms with Crippen LogP contribution in [0.5, 0.6) is 11.5 Å². The number of nitrogens with one attached hydrogen (secondary N) is 1. The molecular formula is C17H21N3O6S. The van der Waals surface area contributed by atoms with E-state index in [1.807, 2.05) is 0 Å². The van der Waals surface area contributed by atoms with Crippen molar-refractivity contribution >= 4 is 21.6 Å². The number of fused-ring (bicyclic) bond motifs is 1. The number of hydrogen-bond acceptors (Lipinski definition) is 7. The van der Waals surface area contributed by atoms with Crippen LogP contribution in [-0.2, 0) is 14.8 Å². The minimum atomic E-state index is -3.89. The number of anilines is 1. The Hall–Kier alpha value is -2.59. The molecule has 0 unspecified atom stereocenters. The van der Waals surface area contributed by atoms with Crippen molar-refractivity contribution in [2.75, 3.05) is 32.1 Å². The molecule has 2 heterocycles. The molecule has 9 nitrogen and oxygen atoms in total. The van der Waals surface area contributed by atoms with E-state index in [-0.39, 0.29) is 22.9 Å². The number of carbonyl (C=O) groups is 1. The van der Waals surface area contributed by atoms with Gasteiger partial charge in [-0.1, -0.05) is 5.16 Å². The number of aryl methyl sites for hydroxylation is 2. The summed E-state index contributed by atoms with van der Waals surface area (Å²) in [6, 6.07) is 5.04. The van der Waals surface area contributed by atoms with Gasteiger partial charge in [0, 0.05) is 25.2 Å². The fourth-order valence-corrected chi connectivity index (χ4v) is 4.14. The highest BCUT2D eigenvalue weighted by Gasteiger charge is 2.29. The Labute approximate surface area is 157 Å². The van der Waals surface area contributed by atoms with E-state index in [2.05, 4.69) is 10.5 Å². The van der Waals surface area contributed by atoms with Crippen LogP contribution in [0.1, 0.15) is 17.9 Å². The fraction of sp³-hybridized carbons (Fsp3) is 0.412. The predicted octanol–water partition coefficient (Wildman–Crippen LogP) is 1.71. The average Bonchev–Trinajstić information content (AvgIpc) is 2.81. The molecule has 10 heteroatoms. The molecular weight excluding hydrogens is 374 g/mol. The lowest BCUT2D eigenvalue weighted by molar-refractivity contribution is -0.116. The summed E-state index contributed by atoms with van der Waals surface area (Å²) in [7, 11) is -2.56. The van der Waals surface area contributed by atoms with Crippen molar-refractivity contribution < 1.29 is 27.2 Å². The van der Waals surface area contributed by atoms with E-state index in [1.165, 1.54) is 20.9 Å². The molecule has 0 spiro atoms. The highest BCUT2D eigenvalue weighted by atomic mass is 32.2. The van der Waals surface area contributed by atoms with E-state index >= 15 is 0 Å². The SMILES string of the molecule is Cc1noc(C)c1S(=O)(=O)N(C)CC(=O)Nc1ccc2c(c1)OCCCO2. The maximum absolute atomic E-state index is 12.7. The molecule has 0 atom stereocenters. The minimum absolute atomic E-state index is 0.0200. The van der Waals surface area contributed by atoms with Crippen molar-refractivity contribution in [3.05, 3.63) is 29.7 Å². The highest BCUT2D eigenvalue weighted by Crippen LogP contribution is 2.32. The van der Waals surface area contributed by atoms with Gasteiger partial charge in [0.05, 0.1) is 19.8 Å². The molecule has 27 heavy (non-hydrogen) atoms. The summed E-state index contributed by atoms with van der Waals surface area (Å²) < 4.78 is 42.3. The molecule has 1 aliphatic heterocycles. The van der Waals surface area contributed by atoms with Gasteiger partial charge in [-0.25, -0.2) is 8.42 Å². The Bertz CT molecular complexity index is 934. The summed E-state index contributed by atoms with van der Waals surface area (Å²) >= 11 is 0. The van der Waals surface area contributed by atoms with Gasteiger partial charge in [-0.3, -0.25) is 4.79 Å². The van der Waals surface area contributed by atoms with Crippen LogP contribution in [0.3, 0.4) is 0 Å². The molecule has 1 N–H and O–H groups in total. The molecule has 0 saturated carbocycles. The molecule has 1 aliphatic rings. The largest absolute Gasteiger partial charge is 0.490 e. The Kier molecular flexibility index (Phi) is 5.38. The summed E-state index contributed by atoms with van der Waals surface area (Å²) in [5.74, 6) is 0.857. The second kappa shape index (κ2) is 7.57. The molecule has 1 amide bonds. The van der Waals surface area contributed by atoms with Gasteiger partial charge in [0.2, 0.25) is 15.9 Å². The van der Waals surface area contributed by atoms with E-state index in [0.29, 0.717) is 30.4 Å². The first-order valence-corrected chi connectivity index (χ1v) is 9.82. The third-order valence-electron chi connectivity index (χ3n) is 4.03. The molecule has 146 valence electrons. The molecule has 0 saturated heterocycles. The third kappa shape index (κ3) is 4.06. The van der Waals surface area contributed by atoms with Gasteiger partial charge in [-0.2, -0.15) is 4.31 Å². The van der Waals surface area contributed by atoms with Crippen molar-refractivity contribution in [1.29, 1.82) is 0 Å². The second-order valence-electron chi connectivity index (χ2n) is 6.17. The molecule has 1 aromatic heterocycles. The minimum Gasteiger partial charge on any atom is -0.490 e. The van der Waals surface area contributed by atoms with Crippen LogP contribution in [0, 0.1) is 13.8 Å². The number of sulfonamides is 1. The summed E-state index contributed by atoms with van der Waals surface area (Å²) in [6.45, 7) is 3.79. The maximum Gasteiger partial charge on any atom is 0.248 e. The Morgan fingerprint density at radius 1 is 1.22 bits per heavy atom. The number of nitrogens with zero attached hydrogens (tertiary/aromatic N) is 2. The maximum atomic E-state index is 12.7.